The summed E-state index contributed by atoms with van der Waals surface area (Å²) in [4.78, 5) is 22.6. The first kappa shape index (κ1) is 22.8. The summed E-state index contributed by atoms with van der Waals surface area (Å²) in [6.07, 6.45) is 1.56. The van der Waals surface area contributed by atoms with Gasteiger partial charge in [0.1, 0.15) is 16.4 Å². The average molecular weight is 479 g/mol. The molecule has 1 N–H and O–H groups in total. The van der Waals surface area contributed by atoms with E-state index in [1.54, 1.807) is 6.21 Å². The summed E-state index contributed by atoms with van der Waals surface area (Å²) >= 11 is 0. The van der Waals surface area contributed by atoms with E-state index in [1.807, 2.05) is 66.7 Å². The molecule has 8 heteroatoms. The number of hydrogen-bond acceptors (Lipinski definition) is 6. The Balaban J connectivity index is 1.59. The summed E-state index contributed by atoms with van der Waals surface area (Å²) < 4.78 is 11.3. The molecule has 0 unspecified atom stereocenters. The summed E-state index contributed by atoms with van der Waals surface area (Å²) in [5, 5.41) is 15.0. The highest BCUT2D eigenvalue weighted by Crippen LogP contribution is 2.45. The van der Waals surface area contributed by atoms with Crippen molar-refractivity contribution in [1.29, 1.82) is 0 Å². The van der Waals surface area contributed by atoms with Crippen LogP contribution in [0.1, 0.15) is 38.7 Å². The predicted molar refractivity (Wildman–Crippen MR) is 135 cm³/mol. The van der Waals surface area contributed by atoms with Crippen LogP contribution < -0.4 is 10.2 Å². The second kappa shape index (κ2) is 9.71. The molecule has 0 aliphatic carbocycles. The quantitative estimate of drug-likeness (QED) is 0.212. The lowest BCUT2D eigenvalue weighted by Gasteiger charge is -2.30. The Labute approximate surface area is 206 Å². The Hall–Kier alpha value is -4.98. The van der Waals surface area contributed by atoms with Crippen LogP contribution in [0.3, 0.4) is 0 Å². The fraction of sp³-hybridized carbons (Fsp3) is 0.0714. The van der Waals surface area contributed by atoms with Gasteiger partial charge in [0.15, 0.2) is 0 Å². The van der Waals surface area contributed by atoms with Crippen LogP contribution in [0.15, 0.2) is 106 Å². The number of rotatable bonds is 6. The van der Waals surface area contributed by atoms with Gasteiger partial charge in [-0.3, -0.25) is 14.9 Å². The van der Waals surface area contributed by atoms with E-state index >= 15 is 0 Å². The smallest absolute Gasteiger partial charge is 0.433 e. The minimum atomic E-state index is -0.708. The van der Waals surface area contributed by atoms with Crippen LogP contribution in [0.25, 0.3) is 5.76 Å². The molecule has 0 spiro atoms. The number of nitro groups is 1. The lowest BCUT2D eigenvalue weighted by atomic mass is 9.80. The SMILES string of the molecule is Cc1ccccc1[C@H]1C(/C=N\NC(=O)c2ccc([N+](=O)[O-])o2)=C(c2ccccc2)Oc2ccccc21. The highest BCUT2D eigenvalue weighted by atomic mass is 16.6. The molecular formula is C28H21N3O5. The number of para-hydroxylation sites is 1. The van der Waals surface area contributed by atoms with Crippen molar-refractivity contribution < 1.29 is 18.9 Å². The van der Waals surface area contributed by atoms with Crippen LogP contribution in [0.4, 0.5) is 5.88 Å². The monoisotopic (exact) mass is 479 g/mol. The lowest BCUT2D eigenvalue weighted by molar-refractivity contribution is -0.402. The number of ether oxygens (including phenoxy) is 1. The van der Waals surface area contributed by atoms with Gasteiger partial charge in [-0.05, 0) is 30.2 Å². The van der Waals surface area contributed by atoms with Crippen LogP contribution in [0, 0.1) is 17.0 Å². The molecule has 0 fully saturated rings. The maximum Gasteiger partial charge on any atom is 0.433 e. The number of hydrazone groups is 1. The second-order valence-corrected chi connectivity index (χ2v) is 8.17. The number of benzene rings is 3. The normalized spacial score (nSPS) is 14.9. The molecule has 0 radical (unpaired) electrons. The topological polar surface area (TPSA) is 107 Å². The highest BCUT2D eigenvalue weighted by Gasteiger charge is 2.31. The third kappa shape index (κ3) is 4.39. The molecule has 1 atom stereocenters. The maximum absolute atomic E-state index is 12.5. The van der Waals surface area contributed by atoms with Crippen molar-refractivity contribution in [2.75, 3.05) is 0 Å². The number of amides is 1. The van der Waals surface area contributed by atoms with Gasteiger partial charge in [0.05, 0.1) is 12.3 Å². The Morgan fingerprint density at radius 3 is 2.36 bits per heavy atom. The van der Waals surface area contributed by atoms with E-state index in [9.17, 15) is 14.9 Å². The number of carbonyl (C=O) groups excluding carboxylic acids is 1. The van der Waals surface area contributed by atoms with Crippen molar-refractivity contribution >= 4 is 23.8 Å². The number of fused-ring (bicyclic) bond motifs is 1. The first-order valence-corrected chi connectivity index (χ1v) is 11.2. The molecule has 5 rings (SSSR count). The lowest BCUT2D eigenvalue weighted by Crippen LogP contribution is -2.21. The first-order chi connectivity index (χ1) is 17.5. The average Bonchev–Trinajstić information content (AvgIpc) is 3.40. The molecule has 3 aromatic carbocycles. The molecule has 1 aliphatic rings. The fourth-order valence-electron chi connectivity index (χ4n) is 4.24. The number of furan rings is 1. The van der Waals surface area contributed by atoms with Crippen LogP contribution in [-0.4, -0.2) is 17.0 Å². The van der Waals surface area contributed by atoms with Gasteiger partial charge in [-0.25, -0.2) is 5.43 Å². The maximum atomic E-state index is 12.5. The third-order valence-electron chi connectivity index (χ3n) is 5.92. The zero-order chi connectivity index (χ0) is 25.1. The van der Waals surface area contributed by atoms with Gasteiger partial charge in [0.2, 0.25) is 5.76 Å². The standard InChI is InChI=1S/C28H21N3O5/c1-18-9-5-6-12-20(18)26-21-13-7-8-14-23(21)36-27(19-10-3-2-4-11-19)22(26)17-29-30-28(32)24-15-16-25(35-24)31(33)34/h2-17,26H,1H3,(H,30,32)/b29-17-/t26-/m1/s1. The van der Waals surface area contributed by atoms with E-state index in [0.717, 1.165) is 39.6 Å². The van der Waals surface area contributed by atoms with Gasteiger partial charge in [-0.15, -0.1) is 0 Å². The molecule has 0 bridgehead atoms. The van der Waals surface area contributed by atoms with Crippen molar-refractivity contribution in [2.45, 2.75) is 12.8 Å². The van der Waals surface area contributed by atoms with Gasteiger partial charge in [-0.2, -0.15) is 5.10 Å². The molecule has 0 saturated carbocycles. The molecule has 4 aromatic rings. The van der Waals surface area contributed by atoms with E-state index in [0.29, 0.717) is 5.76 Å². The van der Waals surface area contributed by atoms with Crippen molar-refractivity contribution in [1.82, 2.24) is 5.43 Å². The molecule has 1 aliphatic heterocycles. The number of nitrogens with one attached hydrogen (secondary N) is 1. The molecule has 36 heavy (non-hydrogen) atoms. The Kier molecular flexibility index (Phi) is 6.15. The summed E-state index contributed by atoms with van der Waals surface area (Å²) in [5.41, 5.74) is 7.17. The largest absolute Gasteiger partial charge is 0.456 e. The van der Waals surface area contributed by atoms with Gasteiger partial charge >= 0.3 is 11.8 Å². The number of hydrogen-bond donors (Lipinski definition) is 1. The van der Waals surface area contributed by atoms with Crippen LogP contribution in [0.2, 0.25) is 0 Å². The zero-order valence-electron chi connectivity index (χ0n) is 19.3. The fourth-order valence-corrected chi connectivity index (χ4v) is 4.24. The minimum absolute atomic E-state index is 0.211. The van der Waals surface area contributed by atoms with Crippen LogP contribution in [0.5, 0.6) is 5.75 Å². The Morgan fingerprint density at radius 2 is 1.64 bits per heavy atom. The van der Waals surface area contributed by atoms with Crippen LogP contribution >= 0.6 is 0 Å². The number of nitrogens with zero attached hydrogens (tertiary/aromatic N) is 2. The van der Waals surface area contributed by atoms with Crippen molar-refractivity contribution in [2.24, 2.45) is 5.10 Å². The molecule has 1 amide bonds. The Morgan fingerprint density at radius 1 is 0.944 bits per heavy atom. The summed E-state index contributed by atoms with van der Waals surface area (Å²) in [7, 11) is 0. The summed E-state index contributed by atoms with van der Waals surface area (Å²) in [6, 6.07) is 28.0. The second-order valence-electron chi connectivity index (χ2n) is 8.17. The molecular weight excluding hydrogens is 458 g/mol. The molecule has 2 heterocycles. The number of aryl methyl sites for hydroxylation is 1. The highest BCUT2D eigenvalue weighted by molar-refractivity contribution is 5.96. The number of allylic oxidation sites excluding steroid dienone is 1. The van der Waals surface area contributed by atoms with E-state index in [4.69, 9.17) is 9.15 Å². The van der Waals surface area contributed by atoms with E-state index < -0.39 is 16.7 Å². The molecule has 0 saturated heterocycles. The first-order valence-electron chi connectivity index (χ1n) is 11.2. The van der Waals surface area contributed by atoms with Crippen LogP contribution in [-0.2, 0) is 0 Å². The van der Waals surface area contributed by atoms with Gasteiger partial charge < -0.3 is 9.15 Å². The minimum Gasteiger partial charge on any atom is -0.456 e. The van der Waals surface area contributed by atoms with E-state index in [2.05, 4.69) is 29.6 Å². The van der Waals surface area contributed by atoms with Gasteiger partial charge in [0.25, 0.3) is 0 Å². The zero-order valence-corrected chi connectivity index (χ0v) is 19.3. The van der Waals surface area contributed by atoms with E-state index in [-0.39, 0.29) is 11.7 Å². The predicted octanol–water partition coefficient (Wildman–Crippen LogP) is 5.85. The Bertz CT molecular complexity index is 1500. The van der Waals surface area contributed by atoms with Gasteiger partial charge in [0, 0.05) is 22.6 Å². The third-order valence-corrected chi connectivity index (χ3v) is 5.92. The molecule has 178 valence electrons. The molecule has 8 nitrogen and oxygen atoms in total. The van der Waals surface area contributed by atoms with Gasteiger partial charge in [-0.1, -0.05) is 72.8 Å². The van der Waals surface area contributed by atoms with Crippen molar-refractivity contribution in [3.63, 3.8) is 0 Å². The van der Waals surface area contributed by atoms with Crippen molar-refractivity contribution in [3.05, 3.63) is 135 Å². The van der Waals surface area contributed by atoms with Crippen molar-refractivity contribution in [3.8, 4) is 5.75 Å². The summed E-state index contributed by atoms with van der Waals surface area (Å²) in [6.45, 7) is 2.05. The summed E-state index contributed by atoms with van der Waals surface area (Å²) in [5.74, 6) is -0.280. The van der Waals surface area contributed by atoms with E-state index in [1.165, 1.54) is 6.07 Å². The molecule has 1 aromatic heterocycles. The number of carbonyl (C=O) groups is 1.